The molecular weight excluding hydrogens is 308 g/mol. The number of Topliss-reactive ketones (excluding diaryl/α,β-unsaturated/α-hetero) is 1. The van der Waals surface area contributed by atoms with Gasteiger partial charge in [0.25, 0.3) is 0 Å². The summed E-state index contributed by atoms with van der Waals surface area (Å²) >= 11 is 1.39. The largest absolute Gasteiger partial charge is 0.293 e. The number of nitrogens with zero attached hydrogens (tertiary/aromatic N) is 3. The summed E-state index contributed by atoms with van der Waals surface area (Å²) < 4.78 is 0. The second kappa shape index (κ2) is 6.46. The van der Waals surface area contributed by atoms with Crippen molar-refractivity contribution in [2.24, 2.45) is 0 Å². The van der Waals surface area contributed by atoms with Crippen molar-refractivity contribution in [1.29, 1.82) is 5.26 Å². The van der Waals surface area contributed by atoms with Gasteiger partial charge in [-0.25, -0.2) is 0 Å². The molecule has 0 atom stereocenters. The van der Waals surface area contributed by atoms with Gasteiger partial charge in [-0.05, 0) is 35.4 Å². The highest BCUT2D eigenvalue weighted by Crippen LogP contribution is 2.30. The number of benzene rings is 2. The zero-order chi connectivity index (χ0) is 16.2. The van der Waals surface area contributed by atoms with Gasteiger partial charge in [-0.2, -0.15) is 15.6 Å². The highest BCUT2D eigenvalue weighted by Gasteiger charge is 2.13. The number of aromatic amines is 1. The Labute approximate surface area is 137 Å². The van der Waals surface area contributed by atoms with Crippen LogP contribution in [0.2, 0.25) is 0 Å². The van der Waals surface area contributed by atoms with Crippen molar-refractivity contribution < 1.29 is 4.79 Å². The Balaban J connectivity index is 1.80. The van der Waals surface area contributed by atoms with Crippen LogP contribution in [0.25, 0.3) is 11.1 Å². The molecule has 0 saturated heterocycles. The van der Waals surface area contributed by atoms with Crippen LogP contribution in [0.3, 0.4) is 0 Å². The highest BCUT2D eigenvalue weighted by molar-refractivity contribution is 7.99. The smallest absolute Gasteiger partial charge is 0.182 e. The van der Waals surface area contributed by atoms with Crippen LogP contribution in [0.15, 0.2) is 58.5 Å². The van der Waals surface area contributed by atoms with Crippen LogP contribution in [-0.4, -0.2) is 21.2 Å². The van der Waals surface area contributed by atoms with Crippen molar-refractivity contribution in [2.75, 3.05) is 0 Å². The number of ketones is 1. The predicted octanol–water partition coefficient (Wildman–Crippen LogP) is 3.70. The van der Waals surface area contributed by atoms with E-state index >= 15 is 0 Å². The molecule has 0 radical (unpaired) electrons. The number of aromatic nitrogens is 3. The van der Waals surface area contributed by atoms with Crippen LogP contribution in [0.1, 0.15) is 23.0 Å². The molecule has 6 heteroatoms. The van der Waals surface area contributed by atoms with E-state index in [1.54, 1.807) is 12.1 Å². The van der Waals surface area contributed by atoms with Crippen LogP contribution < -0.4 is 0 Å². The van der Waals surface area contributed by atoms with Crippen molar-refractivity contribution in [3.63, 3.8) is 0 Å². The van der Waals surface area contributed by atoms with Gasteiger partial charge in [0.1, 0.15) is 0 Å². The fourth-order valence-corrected chi connectivity index (χ4v) is 2.95. The molecule has 0 amide bonds. The lowest BCUT2D eigenvalue weighted by Gasteiger charge is -2.04. The van der Waals surface area contributed by atoms with Crippen molar-refractivity contribution in [3.8, 4) is 17.2 Å². The van der Waals surface area contributed by atoms with Gasteiger partial charge in [-0.1, -0.05) is 36.0 Å². The lowest BCUT2D eigenvalue weighted by Crippen LogP contribution is -1.94. The summed E-state index contributed by atoms with van der Waals surface area (Å²) in [7, 11) is 0. The number of carbonyl (C=O) groups excluding carboxylic acids is 1. The number of hydrogen-bond acceptors (Lipinski definition) is 5. The fraction of sp³-hybridized carbons (Fsp3) is 0.0588. The number of rotatable bonds is 4. The third kappa shape index (κ3) is 3.30. The van der Waals surface area contributed by atoms with E-state index in [-0.39, 0.29) is 5.78 Å². The standard InChI is InChI=1S/C17H12N4OS/c1-11(22)16-17(20-21-19-16)23-15-8-6-14(7-9-15)13-4-2-12(10-18)3-5-13/h2-9H,1H3,(H,19,20,21). The molecule has 1 N–H and O–H groups in total. The maximum absolute atomic E-state index is 11.5. The average molecular weight is 320 g/mol. The number of nitrogens with one attached hydrogen (secondary N) is 1. The highest BCUT2D eigenvalue weighted by atomic mass is 32.2. The molecular formula is C17H12N4OS. The first kappa shape index (κ1) is 15.0. The summed E-state index contributed by atoms with van der Waals surface area (Å²) in [5.41, 5.74) is 3.10. The normalized spacial score (nSPS) is 10.3. The quantitative estimate of drug-likeness (QED) is 0.741. The van der Waals surface area contributed by atoms with E-state index in [0.29, 0.717) is 16.3 Å². The van der Waals surface area contributed by atoms with E-state index in [1.807, 2.05) is 36.4 Å². The fourth-order valence-electron chi connectivity index (χ4n) is 2.09. The van der Waals surface area contributed by atoms with Crippen LogP contribution >= 0.6 is 11.8 Å². The summed E-state index contributed by atoms with van der Waals surface area (Å²) in [6, 6.07) is 17.5. The zero-order valence-corrected chi connectivity index (χ0v) is 13.1. The molecule has 0 unspecified atom stereocenters. The predicted molar refractivity (Wildman–Crippen MR) is 87.1 cm³/mol. The van der Waals surface area contributed by atoms with Crippen LogP contribution in [-0.2, 0) is 0 Å². The summed E-state index contributed by atoms with van der Waals surface area (Å²) in [5.74, 6) is -0.115. The van der Waals surface area contributed by atoms with Crippen LogP contribution in [0, 0.1) is 11.3 Å². The molecule has 0 bridgehead atoms. The number of hydrogen-bond donors (Lipinski definition) is 1. The number of nitriles is 1. The van der Waals surface area contributed by atoms with E-state index in [2.05, 4.69) is 21.5 Å². The van der Waals surface area contributed by atoms with Crippen LogP contribution in [0.4, 0.5) is 0 Å². The van der Waals surface area contributed by atoms with Gasteiger partial charge in [0.05, 0.1) is 11.6 Å². The first-order valence-electron chi connectivity index (χ1n) is 6.87. The monoisotopic (exact) mass is 320 g/mol. The third-order valence-electron chi connectivity index (χ3n) is 3.27. The van der Waals surface area contributed by atoms with Gasteiger partial charge in [-0.3, -0.25) is 4.79 Å². The maximum Gasteiger partial charge on any atom is 0.182 e. The molecule has 0 fully saturated rings. The van der Waals surface area contributed by atoms with Gasteiger partial charge in [0.2, 0.25) is 0 Å². The molecule has 3 aromatic rings. The first-order chi connectivity index (χ1) is 11.2. The van der Waals surface area contributed by atoms with E-state index in [9.17, 15) is 4.79 Å². The lowest BCUT2D eigenvalue weighted by atomic mass is 10.0. The Bertz CT molecular complexity index is 876. The SMILES string of the molecule is CC(=O)c1n[nH]nc1Sc1ccc(-c2ccc(C#N)cc2)cc1. The topological polar surface area (TPSA) is 82.4 Å². The number of carbonyl (C=O) groups is 1. The molecule has 112 valence electrons. The van der Waals surface area contributed by atoms with E-state index in [0.717, 1.165) is 16.0 Å². The van der Waals surface area contributed by atoms with Crippen molar-refractivity contribution in [2.45, 2.75) is 16.8 Å². The molecule has 2 aromatic carbocycles. The molecule has 0 aliphatic carbocycles. The Hall–Kier alpha value is -2.91. The van der Waals surface area contributed by atoms with Gasteiger partial charge >= 0.3 is 0 Å². The van der Waals surface area contributed by atoms with Gasteiger partial charge < -0.3 is 0 Å². The van der Waals surface area contributed by atoms with E-state index in [1.165, 1.54) is 18.7 Å². The Morgan fingerprint density at radius 3 is 2.22 bits per heavy atom. The Morgan fingerprint density at radius 1 is 1.04 bits per heavy atom. The molecule has 0 aliphatic heterocycles. The van der Waals surface area contributed by atoms with E-state index in [4.69, 9.17) is 5.26 Å². The molecule has 1 heterocycles. The van der Waals surface area contributed by atoms with Crippen molar-refractivity contribution in [3.05, 3.63) is 59.8 Å². The molecule has 0 spiro atoms. The number of H-pyrrole nitrogens is 1. The minimum atomic E-state index is -0.115. The van der Waals surface area contributed by atoms with Gasteiger partial charge in [0, 0.05) is 11.8 Å². The van der Waals surface area contributed by atoms with Crippen LogP contribution in [0.5, 0.6) is 0 Å². The second-order valence-corrected chi connectivity index (χ2v) is 5.91. The zero-order valence-electron chi connectivity index (χ0n) is 12.3. The first-order valence-corrected chi connectivity index (χ1v) is 7.69. The minimum Gasteiger partial charge on any atom is -0.293 e. The Morgan fingerprint density at radius 2 is 1.65 bits per heavy atom. The lowest BCUT2D eigenvalue weighted by molar-refractivity contribution is 0.101. The summed E-state index contributed by atoms with van der Waals surface area (Å²) in [6.07, 6.45) is 0. The van der Waals surface area contributed by atoms with Gasteiger partial charge in [0.15, 0.2) is 16.5 Å². The van der Waals surface area contributed by atoms with Crippen molar-refractivity contribution in [1.82, 2.24) is 15.4 Å². The molecule has 0 aliphatic rings. The Kier molecular flexibility index (Phi) is 4.22. The molecule has 23 heavy (non-hydrogen) atoms. The molecule has 5 nitrogen and oxygen atoms in total. The summed E-state index contributed by atoms with van der Waals surface area (Å²) in [4.78, 5) is 12.4. The third-order valence-corrected chi connectivity index (χ3v) is 4.25. The summed E-state index contributed by atoms with van der Waals surface area (Å²) in [6.45, 7) is 1.47. The van der Waals surface area contributed by atoms with Crippen molar-refractivity contribution >= 4 is 17.5 Å². The molecule has 3 rings (SSSR count). The summed E-state index contributed by atoms with van der Waals surface area (Å²) in [5, 5.41) is 19.7. The van der Waals surface area contributed by atoms with Gasteiger partial charge in [-0.15, -0.1) is 5.10 Å². The average Bonchev–Trinajstić information content (AvgIpc) is 3.04. The second-order valence-electron chi connectivity index (χ2n) is 4.85. The molecule has 1 aromatic heterocycles. The maximum atomic E-state index is 11.5. The molecule has 0 saturated carbocycles. The minimum absolute atomic E-state index is 0.115. The van der Waals surface area contributed by atoms with E-state index < -0.39 is 0 Å².